The van der Waals surface area contributed by atoms with Crippen molar-refractivity contribution in [3.05, 3.63) is 23.4 Å². The standard InChI is InChI=1S/C12H19N3O/c1-4-10(5-2)15-12(16)9-6-8(3)14-11(13)7-9/h6-7,10H,4-5H2,1-3H3,(H2,13,14)(H,15,16). The minimum Gasteiger partial charge on any atom is -0.384 e. The Morgan fingerprint density at radius 1 is 1.44 bits per heavy atom. The number of hydrogen-bond donors (Lipinski definition) is 2. The van der Waals surface area contributed by atoms with Crippen molar-refractivity contribution in [2.75, 3.05) is 5.73 Å². The molecule has 1 rings (SSSR count). The summed E-state index contributed by atoms with van der Waals surface area (Å²) < 4.78 is 0. The van der Waals surface area contributed by atoms with E-state index in [9.17, 15) is 4.79 Å². The lowest BCUT2D eigenvalue weighted by Gasteiger charge is -2.14. The summed E-state index contributed by atoms with van der Waals surface area (Å²) in [4.78, 5) is 15.9. The zero-order valence-electron chi connectivity index (χ0n) is 10.1. The van der Waals surface area contributed by atoms with Gasteiger partial charge in [-0.1, -0.05) is 13.8 Å². The van der Waals surface area contributed by atoms with E-state index in [0.29, 0.717) is 11.4 Å². The lowest BCUT2D eigenvalue weighted by molar-refractivity contribution is 0.0934. The average molecular weight is 221 g/mol. The van der Waals surface area contributed by atoms with Crippen LogP contribution >= 0.6 is 0 Å². The van der Waals surface area contributed by atoms with Gasteiger partial charge in [0.15, 0.2) is 0 Å². The number of hydrogen-bond acceptors (Lipinski definition) is 3. The molecule has 88 valence electrons. The van der Waals surface area contributed by atoms with Gasteiger partial charge in [0.25, 0.3) is 5.91 Å². The van der Waals surface area contributed by atoms with Crippen LogP contribution in [0.1, 0.15) is 42.7 Å². The Hall–Kier alpha value is -1.58. The molecule has 1 heterocycles. The summed E-state index contributed by atoms with van der Waals surface area (Å²) >= 11 is 0. The van der Waals surface area contributed by atoms with Gasteiger partial charge >= 0.3 is 0 Å². The third-order valence-corrected chi connectivity index (χ3v) is 2.56. The van der Waals surface area contributed by atoms with Gasteiger partial charge in [-0.3, -0.25) is 4.79 Å². The Morgan fingerprint density at radius 2 is 2.06 bits per heavy atom. The molecule has 4 nitrogen and oxygen atoms in total. The van der Waals surface area contributed by atoms with Crippen molar-refractivity contribution in [1.82, 2.24) is 10.3 Å². The molecular weight excluding hydrogens is 202 g/mol. The molecule has 0 unspecified atom stereocenters. The molecule has 0 fully saturated rings. The van der Waals surface area contributed by atoms with Gasteiger partial charge in [-0.15, -0.1) is 0 Å². The summed E-state index contributed by atoms with van der Waals surface area (Å²) in [7, 11) is 0. The Bertz CT molecular complexity index is 352. The van der Waals surface area contributed by atoms with Gasteiger partial charge in [-0.25, -0.2) is 4.98 Å². The van der Waals surface area contributed by atoms with Gasteiger partial charge in [0, 0.05) is 17.3 Å². The van der Waals surface area contributed by atoms with Crippen molar-refractivity contribution in [3.63, 3.8) is 0 Å². The molecule has 0 saturated heterocycles. The molecule has 0 aliphatic rings. The molecular formula is C12H19N3O. The Morgan fingerprint density at radius 3 is 2.56 bits per heavy atom. The van der Waals surface area contributed by atoms with Crippen LogP contribution in [-0.4, -0.2) is 16.9 Å². The van der Waals surface area contributed by atoms with Crippen molar-refractivity contribution < 1.29 is 4.79 Å². The predicted molar refractivity (Wildman–Crippen MR) is 65.2 cm³/mol. The van der Waals surface area contributed by atoms with Gasteiger partial charge < -0.3 is 11.1 Å². The van der Waals surface area contributed by atoms with Crippen LogP contribution in [0.15, 0.2) is 12.1 Å². The number of nitrogen functional groups attached to an aromatic ring is 1. The molecule has 1 aromatic rings. The molecule has 3 N–H and O–H groups in total. The molecule has 0 saturated carbocycles. The van der Waals surface area contributed by atoms with Crippen LogP contribution in [-0.2, 0) is 0 Å². The fourth-order valence-corrected chi connectivity index (χ4v) is 1.59. The van der Waals surface area contributed by atoms with Crippen molar-refractivity contribution in [3.8, 4) is 0 Å². The molecule has 4 heteroatoms. The van der Waals surface area contributed by atoms with Gasteiger partial charge in [0.1, 0.15) is 5.82 Å². The highest BCUT2D eigenvalue weighted by Crippen LogP contribution is 2.08. The van der Waals surface area contributed by atoms with Crippen molar-refractivity contribution in [2.45, 2.75) is 39.7 Å². The maximum absolute atomic E-state index is 11.9. The SMILES string of the molecule is CCC(CC)NC(=O)c1cc(C)nc(N)c1. The third-order valence-electron chi connectivity index (χ3n) is 2.56. The number of nitrogens with two attached hydrogens (primary N) is 1. The molecule has 16 heavy (non-hydrogen) atoms. The van der Waals surface area contributed by atoms with Crippen LogP contribution < -0.4 is 11.1 Å². The largest absolute Gasteiger partial charge is 0.384 e. The van der Waals surface area contributed by atoms with E-state index < -0.39 is 0 Å². The van der Waals surface area contributed by atoms with E-state index >= 15 is 0 Å². The van der Waals surface area contributed by atoms with E-state index in [1.54, 1.807) is 12.1 Å². The van der Waals surface area contributed by atoms with E-state index in [-0.39, 0.29) is 11.9 Å². The second kappa shape index (κ2) is 5.49. The highest BCUT2D eigenvalue weighted by molar-refractivity contribution is 5.95. The summed E-state index contributed by atoms with van der Waals surface area (Å²) in [6.07, 6.45) is 1.86. The molecule has 0 spiro atoms. The zero-order chi connectivity index (χ0) is 12.1. The number of aryl methyl sites for hydroxylation is 1. The maximum Gasteiger partial charge on any atom is 0.251 e. The van der Waals surface area contributed by atoms with E-state index in [2.05, 4.69) is 24.1 Å². The van der Waals surface area contributed by atoms with Gasteiger partial charge in [-0.2, -0.15) is 0 Å². The first-order chi connectivity index (χ1) is 7.56. The van der Waals surface area contributed by atoms with E-state index in [1.165, 1.54) is 0 Å². The van der Waals surface area contributed by atoms with Crippen molar-refractivity contribution in [1.29, 1.82) is 0 Å². The van der Waals surface area contributed by atoms with Crippen LogP contribution in [0.3, 0.4) is 0 Å². The summed E-state index contributed by atoms with van der Waals surface area (Å²) in [6, 6.07) is 3.57. The van der Waals surface area contributed by atoms with E-state index in [4.69, 9.17) is 5.73 Å². The lowest BCUT2D eigenvalue weighted by atomic mass is 10.1. The van der Waals surface area contributed by atoms with Crippen molar-refractivity contribution in [2.24, 2.45) is 0 Å². The Kier molecular flexibility index (Phi) is 4.28. The van der Waals surface area contributed by atoms with Crippen LogP contribution in [0.2, 0.25) is 0 Å². The number of anilines is 1. The number of rotatable bonds is 4. The normalized spacial score (nSPS) is 10.5. The molecule has 0 bridgehead atoms. The van der Waals surface area contributed by atoms with Crippen LogP contribution in [0.4, 0.5) is 5.82 Å². The number of pyridine rings is 1. The summed E-state index contributed by atoms with van der Waals surface area (Å²) in [5.41, 5.74) is 6.94. The van der Waals surface area contributed by atoms with Crippen LogP contribution in [0.25, 0.3) is 0 Å². The number of amides is 1. The van der Waals surface area contributed by atoms with Gasteiger partial charge in [0.05, 0.1) is 0 Å². The molecule has 0 aliphatic carbocycles. The highest BCUT2D eigenvalue weighted by Gasteiger charge is 2.11. The number of carbonyl (C=O) groups excluding carboxylic acids is 1. The molecule has 1 aromatic heterocycles. The number of nitrogens with zero attached hydrogens (tertiary/aromatic N) is 1. The first-order valence-corrected chi connectivity index (χ1v) is 5.61. The summed E-state index contributed by atoms with van der Waals surface area (Å²) in [5, 5.41) is 2.96. The average Bonchev–Trinajstić information content (AvgIpc) is 2.24. The number of aromatic nitrogens is 1. The molecule has 1 amide bonds. The maximum atomic E-state index is 11.9. The molecule has 0 aromatic carbocycles. The van der Waals surface area contributed by atoms with Crippen molar-refractivity contribution >= 4 is 11.7 Å². The number of carbonyl (C=O) groups is 1. The zero-order valence-corrected chi connectivity index (χ0v) is 10.1. The fraction of sp³-hybridized carbons (Fsp3) is 0.500. The molecule has 0 radical (unpaired) electrons. The lowest BCUT2D eigenvalue weighted by Crippen LogP contribution is -2.33. The van der Waals surface area contributed by atoms with Gasteiger partial charge in [0.2, 0.25) is 0 Å². The van der Waals surface area contributed by atoms with Crippen LogP contribution in [0, 0.1) is 6.92 Å². The Balaban J connectivity index is 2.80. The minimum atomic E-state index is -0.0779. The highest BCUT2D eigenvalue weighted by atomic mass is 16.1. The first kappa shape index (κ1) is 12.5. The minimum absolute atomic E-state index is 0.0779. The summed E-state index contributed by atoms with van der Waals surface area (Å²) in [5.74, 6) is 0.306. The molecule has 0 aliphatic heterocycles. The second-order valence-electron chi connectivity index (χ2n) is 3.91. The first-order valence-electron chi connectivity index (χ1n) is 5.61. The molecule has 0 atom stereocenters. The number of nitrogens with one attached hydrogen (secondary N) is 1. The third kappa shape index (κ3) is 3.22. The quantitative estimate of drug-likeness (QED) is 0.815. The van der Waals surface area contributed by atoms with E-state index in [1.807, 2.05) is 6.92 Å². The van der Waals surface area contributed by atoms with Crippen LogP contribution in [0.5, 0.6) is 0 Å². The fourth-order valence-electron chi connectivity index (χ4n) is 1.59. The Labute approximate surface area is 96.3 Å². The van der Waals surface area contributed by atoms with Gasteiger partial charge in [-0.05, 0) is 31.9 Å². The monoisotopic (exact) mass is 221 g/mol. The van der Waals surface area contributed by atoms with E-state index in [0.717, 1.165) is 18.5 Å². The predicted octanol–water partition coefficient (Wildman–Crippen LogP) is 1.89. The second-order valence-corrected chi connectivity index (χ2v) is 3.91. The smallest absolute Gasteiger partial charge is 0.251 e. The topological polar surface area (TPSA) is 68.0 Å². The summed E-state index contributed by atoms with van der Waals surface area (Å²) in [6.45, 7) is 5.94.